The lowest BCUT2D eigenvalue weighted by atomic mass is 9.98. The third-order valence-electron chi connectivity index (χ3n) is 5.88. The van der Waals surface area contributed by atoms with Gasteiger partial charge in [0.1, 0.15) is 6.61 Å². The molecule has 1 fully saturated rings. The van der Waals surface area contributed by atoms with Gasteiger partial charge in [-0.1, -0.05) is 72.5 Å². The number of fused-ring (bicyclic) bond motifs is 3. The van der Waals surface area contributed by atoms with Gasteiger partial charge in [0.2, 0.25) is 0 Å². The number of amides is 1. The van der Waals surface area contributed by atoms with Crippen LogP contribution in [0.25, 0.3) is 11.1 Å². The maximum Gasteiger partial charge on any atom is 0.407 e. The molecule has 1 heterocycles. The van der Waals surface area contributed by atoms with Crippen molar-refractivity contribution in [2.75, 3.05) is 26.4 Å². The predicted molar refractivity (Wildman–Crippen MR) is 126 cm³/mol. The minimum absolute atomic E-state index is 0.0584. The van der Waals surface area contributed by atoms with Gasteiger partial charge < -0.3 is 19.5 Å². The Morgan fingerprint density at radius 2 is 1.64 bits per heavy atom. The molecule has 3 aromatic rings. The van der Waals surface area contributed by atoms with Gasteiger partial charge in [0.25, 0.3) is 0 Å². The Kier molecular flexibility index (Phi) is 6.39. The average Bonchev–Trinajstić information content (AvgIpc) is 3.50. The molecule has 5 nitrogen and oxygen atoms in total. The number of hydrogen-bond acceptors (Lipinski definition) is 4. The standard InChI is InChI=1S/C28H25NO4/c30-28(29-15-6-5-8-20-9-7-10-21(18-20)27-31-16-17-32-27)33-19-26-24-13-3-1-11-22(24)23-12-2-4-14-25(23)26/h1-4,7,9-14,18,26-27H,6,15-17,19H2,(H,29,30). The fourth-order valence-electron chi connectivity index (χ4n) is 4.35. The first kappa shape index (κ1) is 21.3. The van der Waals surface area contributed by atoms with Crippen LogP contribution in [0.3, 0.4) is 0 Å². The predicted octanol–water partition coefficient (Wildman–Crippen LogP) is 5.01. The van der Waals surface area contributed by atoms with Crippen molar-refractivity contribution in [2.45, 2.75) is 18.6 Å². The fraction of sp³-hybridized carbons (Fsp3) is 0.250. The van der Waals surface area contributed by atoms with Crippen LogP contribution in [0.2, 0.25) is 0 Å². The maximum atomic E-state index is 12.2. The van der Waals surface area contributed by atoms with Gasteiger partial charge in [0.05, 0.1) is 13.2 Å². The van der Waals surface area contributed by atoms with Crippen LogP contribution in [-0.2, 0) is 14.2 Å². The van der Waals surface area contributed by atoms with Crippen molar-refractivity contribution in [3.8, 4) is 23.0 Å². The van der Waals surface area contributed by atoms with Gasteiger partial charge in [-0.05, 0) is 34.4 Å². The van der Waals surface area contributed by atoms with E-state index >= 15 is 0 Å². The molecule has 3 aromatic carbocycles. The molecule has 0 spiro atoms. The van der Waals surface area contributed by atoms with E-state index in [4.69, 9.17) is 14.2 Å². The number of alkyl carbamates (subject to hydrolysis) is 1. The van der Waals surface area contributed by atoms with Gasteiger partial charge >= 0.3 is 6.09 Å². The summed E-state index contributed by atoms with van der Waals surface area (Å²) < 4.78 is 16.6. The van der Waals surface area contributed by atoms with E-state index in [-0.39, 0.29) is 12.2 Å². The number of benzene rings is 3. The van der Waals surface area contributed by atoms with E-state index in [2.05, 4.69) is 41.4 Å². The van der Waals surface area contributed by atoms with Crippen LogP contribution in [0.4, 0.5) is 4.79 Å². The number of carbonyl (C=O) groups excluding carboxylic acids is 1. The first-order valence-electron chi connectivity index (χ1n) is 11.2. The molecule has 1 N–H and O–H groups in total. The van der Waals surface area contributed by atoms with Gasteiger partial charge in [-0.2, -0.15) is 0 Å². The topological polar surface area (TPSA) is 56.8 Å². The fourth-order valence-corrected chi connectivity index (χ4v) is 4.35. The minimum Gasteiger partial charge on any atom is -0.449 e. The van der Waals surface area contributed by atoms with Gasteiger partial charge in [-0.3, -0.25) is 0 Å². The van der Waals surface area contributed by atoms with E-state index in [9.17, 15) is 4.79 Å². The van der Waals surface area contributed by atoms with Crippen molar-refractivity contribution in [3.05, 3.63) is 95.1 Å². The number of ether oxygens (including phenoxy) is 3. The van der Waals surface area contributed by atoms with Gasteiger partial charge in [-0.25, -0.2) is 4.79 Å². The summed E-state index contributed by atoms with van der Waals surface area (Å²) in [5.74, 6) is 6.28. The summed E-state index contributed by atoms with van der Waals surface area (Å²) in [7, 11) is 0. The molecule has 0 bridgehead atoms. The molecule has 1 amide bonds. The molecular formula is C28H25NO4. The highest BCUT2D eigenvalue weighted by Crippen LogP contribution is 2.44. The lowest BCUT2D eigenvalue weighted by molar-refractivity contribution is -0.0441. The molecule has 0 saturated carbocycles. The molecule has 33 heavy (non-hydrogen) atoms. The molecule has 0 aromatic heterocycles. The second-order valence-electron chi connectivity index (χ2n) is 8.00. The van der Waals surface area contributed by atoms with Crippen molar-refractivity contribution in [3.63, 3.8) is 0 Å². The number of carbonyl (C=O) groups is 1. The average molecular weight is 440 g/mol. The molecular weight excluding hydrogens is 414 g/mol. The second-order valence-corrected chi connectivity index (χ2v) is 8.00. The quantitative estimate of drug-likeness (QED) is 0.448. The molecule has 166 valence electrons. The van der Waals surface area contributed by atoms with Crippen molar-refractivity contribution >= 4 is 6.09 Å². The Labute approximate surface area is 193 Å². The molecule has 0 unspecified atom stereocenters. The number of rotatable bonds is 5. The number of hydrogen-bond donors (Lipinski definition) is 1. The molecule has 2 aliphatic rings. The zero-order valence-electron chi connectivity index (χ0n) is 18.3. The van der Waals surface area contributed by atoms with Crippen LogP contribution in [0.15, 0.2) is 72.8 Å². The normalized spacial score (nSPS) is 14.8. The monoisotopic (exact) mass is 439 g/mol. The highest BCUT2D eigenvalue weighted by molar-refractivity contribution is 5.79. The molecule has 0 atom stereocenters. The largest absolute Gasteiger partial charge is 0.449 e. The zero-order chi connectivity index (χ0) is 22.5. The summed E-state index contributed by atoms with van der Waals surface area (Å²) >= 11 is 0. The first-order chi connectivity index (χ1) is 16.3. The highest BCUT2D eigenvalue weighted by atomic mass is 16.7. The summed E-state index contributed by atoms with van der Waals surface area (Å²) in [6, 6.07) is 24.4. The van der Waals surface area contributed by atoms with E-state index in [1.165, 1.54) is 22.3 Å². The zero-order valence-corrected chi connectivity index (χ0v) is 18.3. The molecule has 5 rings (SSSR count). The van der Waals surface area contributed by atoms with E-state index < -0.39 is 6.09 Å². The summed E-state index contributed by atoms with van der Waals surface area (Å²) in [5, 5.41) is 2.79. The SMILES string of the molecule is O=C(NCCC#Cc1cccc(C2OCCO2)c1)OCC1c2ccccc2-c2ccccc21. The van der Waals surface area contributed by atoms with Gasteiger partial charge in [0, 0.05) is 30.0 Å². The van der Waals surface area contributed by atoms with Crippen LogP contribution < -0.4 is 5.32 Å². The molecule has 1 saturated heterocycles. The smallest absolute Gasteiger partial charge is 0.407 e. The van der Waals surface area contributed by atoms with Crippen molar-refractivity contribution < 1.29 is 19.0 Å². The third-order valence-corrected chi connectivity index (χ3v) is 5.88. The summed E-state index contributed by atoms with van der Waals surface area (Å²) in [6.07, 6.45) is -0.191. The Balaban J connectivity index is 1.11. The maximum absolute atomic E-state index is 12.2. The van der Waals surface area contributed by atoms with E-state index in [1.807, 2.05) is 48.5 Å². The minimum atomic E-state index is -0.420. The highest BCUT2D eigenvalue weighted by Gasteiger charge is 2.28. The Hall–Kier alpha value is -3.59. The Morgan fingerprint density at radius 1 is 0.939 bits per heavy atom. The third kappa shape index (κ3) is 4.78. The van der Waals surface area contributed by atoms with Gasteiger partial charge in [0.15, 0.2) is 6.29 Å². The first-order valence-corrected chi connectivity index (χ1v) is 11.2. The van der Waals surface area contributed by atoms with Crippen LogP contribution >= 0.6 is 0 Å². The van der Waals surface area contributed by atoms with Crippen LogP contribution in [0, 0.1) is 11.8 Å². The van der Waals surface area contributed by atoms with E-state index in [0.717, 1.165) is 11.1 Å². The Bertz CT molecular complexity index is 1160. The Morgan fingerprint density at radius 3 is 2.36 bits per heavy atom. The van der Waals surface area contributed by atoms with Crippen molar-refractivity contribution in [1.82, 2.24) is 5.32 Å². The lowest BCUT2D eigenvalue weighted by Gasteiger charge is -2.14. The van der Waals surface area contributed by atoms with E-state index in [1.54, 1.807) is 0 Å². The lowest BCUT2D eigenvalue weighted by Crippen LogP contribution is -2.26. The van der Waals surface area contributed by atoms with Crippen molar-refractivity contribution in [1.29, 1.82) is 0 Å². The summed E-state index contributed by atoms with van der Waals surface area (Å²) in [4.78, 5) is 12.2. The summed E-state index contributed by atoms with van der Waals surface area (Å²) in [5.41, 5.74) is 6.70. The molecule has 0 radical (unpaired) electrons. The molecule has 1 aliphatic heterocycles. The van der Waals surface area contributed by atoms with Crippen LogP contribution in [0.1, 0.15) is 40.9 Å². The van der Waals surface area contributed by atoms with Crippen molar-refractivity contribution in [2.24, 2.45) is 0 Å². The van der Waals surface area contributed by atoms with Crippen LogP contribution in [0.5, 0.6) is 0 Å². The molecule has 5 heteroatoms. The number of nitrogens with one attached hydrogen (secondary N) is 1. The van der Waals surface area contributed by atoms with Gasteiger partial charge in [-0.15, -0.1) is 0 Å². The van der Waals surface area contributed by atoms with E-state index in [0.29, 0.717) is 32.8 Å². The second kappa shape index (κ2) is 9.91. The summed E-state index contributed by atoms with van der Waals surface area (Å²) in [6.45, 7) is 1.96. The molecule has 1 aliphatic carbocycles. The van der Waals surface area contributed by atoms with Crippen LogP contribution in [-0.4, -0.2) is 32.5 Å².